The van der Waals surface area contributed by atoms with Crippen molar-refractivity contribution in [2.24, 2.45) is 0 Å². The van der Waals surface area contributed by atoms with Crippen LogP contribution in [0, 0.1) is 0 Å². The zero-order chi connectivity index (χ0) is 47.9. The molecule has 0 radical (unpaired) electrons. The van der Waals surface area contributed by atoms with Crippen LogP contribution in [0.25, 0.3) is 0 Å². The van der Waals surface area contributed by atoms with E-state index in [9.17, 15) is 14.4 Å². The molecule has 6 heteroatoms. The van der Waals surface area contributed by atoms with Gasteiger partial charge in [-0.2, -0.15) is 0 Å². The molecule has 0 aromatic carbocycles. The second kappa shape index (κ2) is 54.7. The average molecular weight is 924 g/mol. The first-order valence-corrected chi connectivity index (χ1v) is 28.3. The number of unbranched alkanes of at least 4 members (excludes halogenated alkanes) is 32. The third-order valence-corrected chi connectivity index (χ3v) is 12.3. The highest BCUT2D eigenvalue weighted by Crippen LogP contribution is 2.15. The van der Waals surface area contributed by atoms with Crippen molar-refractivity contribution < 1.29 is 28.6 Å². The summed E-state index contributed by atoms with van der Waals surface area (Å²) in [6.07, 6.45) is 67.8. The van der Waals surface area contributed by atoms with Gasteiger partial charge in [-0.3, -0.25) is 14.4 Å². The van der Waals surface area contributed by atoms with E-state index in [4.69, 9.17) is 14.2 Å². The average Bonchev–Trinajstić information content (AvgIpc) is 3.31. The van der Waals surface area contributed by atoms with Crippen LogP contribution in [0.1, 0.15) is 284 Å². The maximum atomic E-state index is 12.8. The minimum atomic E-state index is -0.788. The van der Waals surface area contributed by atoms with Crippen LogP contribution in [0.2, 0.25) is 0 Å². The summed E-state index contributed by atoms with van der Waals surface area (Å²) < 4.78 is 16.8. The largest absolute Gasteiger partial charge is 0.462 e. The van der Waals surface area contributed by atoms with E-state index in [0.29, 0.717) is 19.3 Å². The van der Waals surface area contributed by atoms with Crippen molar-refractivity contribution in [2.45, 2.75) is 290 Å². The second-order valence-electron chi connectivity index (χ2n) is 18.9. The van der Waals surface area contributed by atoms with Crippen LogP contribution in [0.3, 0.4) is 0 Å². The number of rotatable bonds is 51. The van der Waals surface area contributed by atoms with E-state index in [1.165, 1.54) is 148 Å². The fourth-order valence-corrected chi connectivity index (χ4v) is 8.02. The molecule has 1 unspecified atom stereocenters. The maximum Gasteiger partial charge on any atom is 0.306 e. The molecule has 0 bridgehead atoms. The van der Waals surface area contributed by atoms with Crippen LogP contribution >= 0.6 is 0 Å². The number of carbonyl (C=O) groups excluding carboxylic acids is 3. The summed E-state index contributed by atoms with van der Waals surface area (Å²) in [6.45, 7) is 6.50. The first-order valence-electron chi connectivity index (χ1n) is 28.3. The number of ether oxygens (including phenoxy) is 3. The molecule has 0 spiro atoms. The molecule has 0 aliphatic heterocycles. The lowest BCUT2D eigenvalue weighted by atomic mass is 10.1. The number of carbonyl (C=O) groups is 3. The van der Waals surface area contributed by atoms with Crippen LogP contribution < -0.4 is 0 Å². The van der Waals surface area contributed by atoms with Crippen LogP contribution in [0.15, 0.2) is 60.8 Å². The van der Waals surface area contributed by atoms with Crippen molar-refractivity contribution in [1.29, 1.82) is 0 Å². The number of allylic oxidation sites excluding steroid dienone is 10. The van der Waals surface area contributed by atoms with Gasteiger partial charge < -0.3 is 14.2 Å². The van der Waals surface area contributed by atoms with Crippen molar-refractivity contribution in [1.82, 2.24) is 0 Å². The van der Waals surface area contributed by atoms with E-state index in [0.717, 1.165) is 96.3 Å². The Morgan fingerprint density at radius 1 is 0.318 bits per heavy atom. The first-order chi connectivity index (χ1) is 32.5. The minimum absolute atomic E-state index is 0.0857. The molecule has 382 valence electrons. The molecular formula is C60H106O6. The molecule has 0 heterocycles. The van der Waals surface area contributed by atoms with Crippen LogP contribution in [0.5, 0.6) is 0 Å². The molecule has 0 aromatic rings. The Kier molecular flexibility index (Phi) is 52.3. The van der Waals surface area contributed by atoms with E-state index in [1.54, 1.807) is 0 Å². The van der Waals surface area contributed by atoms with Crippen molar-refractivity contribution >= 4 is 17.9 Å². The standard InChI is InChI=1S/C60H106O6/c1-4-7-10-13-16-19-22-25-27-29-30-31-33-35-38-41-44-47-50-53-59(62)65-56-57(55-64-58(61)52-49-46-43-40-37-34-24-21-18-15-12-9-6-3)66-60(63)54-51-48-45-42-39-36-32-28-26-23-20-17-14-11-8-5-2/h9,12,15,18,21,24,28-30,32,57H,4-8,10-11,13-14,16-17,19-20,22-23,25-27,31,33-56H2,1-3H3/b12-9-,18-15-,24-21-,30-29-,32-28-. The van der Waals surface area contributed by atoms with Gasteiger partial charge in [0.1, 0.15) is 13.2 Å². The summed E-state index contributed by atoms with van der Waals surface area (Å²) in [5.41, 5.74) is 0. The lowest BCUT2D eigenvalue weighted by molar-refractivity contribution is -0.167. The lowest BCUT2D eigenvalue weighted by Gasteiger charge is -2.18. The van der Waals surface area contributed by atoms with Crippen molar-refractivity contribution in [3.05, 3.63) is 60.8 Å². The Balaban J connectivity index is 4.38. The highest BCUT2D eigenvalue weighted by molar-refractivity contribution is 5.71. The SMILES string of the molecule is CC\C=C/C=C\C=C/CCCCCCCC(=O)OCC(COC(=O)CCCCCCCCC/C=C\CCCCCCCCCC)OC(=O)CCCCCCC/C=C\CCCCCCCCC. The molecule has 6 nitrogen and oxygen atoms in total. The smallest absolute Gasteiger partial charge is 0.306 e. The fourth-order valence-electron chi connectivity index (χ4n) is 8.02. The predicted octanol–water partition coefficient (Wildman–Crippen LogP) is 18.8. The molecule has 0 rings (SSSR count). The van der Waals surface area contributed by atoms with Gasteiger partial charge in [-0.15, -0.1) is 0 Å². The third kappa shape index (κ3) is 52.1. The van der Waals surface area contributed by atoms with Gasteiger partial charge in [-0.05, 0) is 89.9 Å². The lowest BCUT2D eigenvalue weighted by Crippen LogP contribution is -2.30. The van der Waals surface area contributed by atoms with E-state index >= 15 is 0 Å². The zero-order valence-electron chi connectivity index (χ0n) is 43.7. The molecule has 0 fully saturated rings. The summed E-state index contributed by atoms with van der Waals surface area (Å²) in [7, 11) is 0. The van der Waals surface area contributed by atoms with Gasteiger partial charge in [-0.1, -0.05) is 236 Å². The van der Waals surface area contributed by atoms with Gasteiger partial charge in [0.25, 0.3) is 0 Å². The Labute approximate surface area is 409 Å². The zero-order valence-corrected chi connectivity index (χ0v) is 43.7. The third-order valence-electron chi connectivity index (χ3n) is 12.3. The fraction of sp³-hybridized carbons (Fsp3) is 0.783. The number of hydrogen-bond donors (Lipinski definition) is 0. The highest BCUT2D eigenvalue weighted by Gasteiger charge is 2.19. The molecule has 0 amide bonds. The highest BCUT2D eigenvalue weighted by atomic mass is 16.6. The van der Waals surface area contributed by atoms with Gasteiger partial charge in [0, 0.05) is 19.3 Å². The van der Waals surface area contributed by atoms with Gasteiger partial charge >= 0.3 is 17.9 Å². The normalized spacial score (nSPS) is 12.5. The van der Waals surface area contributed by atoms with E-state index in [-0.39, 0.29) is 31.1 Å². The van der Waals surface area contributed by atoms with Gasteiger partial charge in [0.2, 0.25) is 0 Å². The Morgan fingerprint density at radius 3 is 0.955 bits per heavy atom. The van der Waals surface area contributed by atoms with E-state index in [2.05, 4.69) is 81.5 Å². The molecule has 66 heavy (non-hydrogen) atoms. The quantitative estimate of drug-likeness (QED) is 0.0199. The molecule has 0 aromatic heterocycles. The van der Waals surface area contributed by atoms with Gasteiger partial charge in [0.15, 0.2) is 6.10 Å². The number of hydrogen-bond acceptors (Lipinski definition) is 6. The Morgan fingerprint density at radius 2 is 0.606 bits per heavy atom. The molecule has 0 N–H and O–H groups in total. The topological polar surface area (TPSA) is 78.9 Å². The van der Waals surface area contributed by atoms with Gasteiger partial charge in [-0.25, -0.2) is 0 Å². The first kappa shape index (κ1) is 63.1. The molecule has 0 saturated carbocycles. The van der Waals surface area contributed by atoms with Crippen molar-refractivity contribution in [3.63, 3.8) is 0 Å². The molecule has 0 aliphatic carbocycles. The second-order valence-corrected chi connectivity index (χ2v) is 18.9. The van der Waals surface area contributed by atoms with Crippen molar-refractivity contribution in [2.75, 3.05) is 13.2 Å². The van der Waals surface area contributed by atoms with Gasteiger partial charge in [0.05, 0.1) is 0 Å². The minimum Gasteiger partial charge on any atom is -0.462 e. The van der Waals surface area contributed by atoms with Crippen LogP contribution in [-0.4, -0.2) is 37.2 Å². The van der Waals surface area contributed by atoms with Crippen LogP contribution in [-0.2, 0) is 28.6 Å². The molecule has 1 atom stereocenters. The summed E-state index contributed by atoms with van der Waals surface area (Å²) in [6, 6.07) is 0. The van der Waals surface area contributed by atoms with E-state index in [1.807, 2.05) is 0 Å². The number of esters is 3. The Bertz CT molecular complexity index is 1200. The Hall–Kier alpha value is -2.89. The molecule has 0 aliphatic rings. The predicted molar refractivity (Wildman–Crippen MR) is 284 cm³/mol. The molecular weight excluding hydrogens is 817 g/mol. The van der Waals surface area contributed by atoms with E-state index < -0.39 is 6.10 Å². The summed E-state index contributed by atoms with van der Waals surface area (Å²) in [5, 5.41) is 0. The monoisotopic (exact) mass is 923 g/mol. The van der Waals surface area contributed by atoms with Crippen LogP contribution in [0.4, 0.5) is 0 Å². The molecule has 0 saturated heterocycles. The van der Waals surface area contributed by atoms with Crippen molar-refractivity contribution in [3.8, 4) is 0 Å². The summed E-state index contributed by atoms with van der Waals surface area (Å²) in [5.74, 6) is -0.910. The summed E-state index contributed by atoms with van der Waals surface area (Å²) in [4.78, 5) is 38.1. The summed E-state index contributed by atoms with van der Waals surface area (Å²) >= 11 is 0. The maximum absolute atomic E-state index is 12.8.